The van der Waals surface area contributed by atoms with E-state index in [1.807, 2.05) is 32.0 Å². The molecule has 1 amide bonds. The Morgan fingerprint density at radius 3 is 2.48 bits per heavy atom. The second-order valence-corrected chi connectivity index (χ2v) is 7.55. The molecule has 0 atom stereocenters. The summed E-state index contributed by atoms with van der Waals surface area (Å²) >= 11 is 1.70. The molecule has 0 radical (unpaired) electrons. The number of hydrogen-bond acceptors (Lipinski definition) is 5. The Morgan fingerprint density at radius 1 is 1.21 bits per heavy atom. The van der Waals surface area contributed by atoms with Crippen LogP contribution in [0.25, 0.3) is 10.6 Å². The highest BCUT2D eigenvalue weighted by atomic mass is 127. The Kier molecular flexibility index (Phi) is 9.15. The quantitative estimate of drug-likeness (QED) is 0.373. The summed E-state index contributed by atoms with van der Waals surface area (Å²) in [5.74, 6) is 0.845. The predicted octanol–water partition coefficient (Wildman–Crippen LogP) is 3.59. The maximum Gasteiger partial charge on any atom is 0.409 e. The maximum absolute atomic E-state index is 11.8. The van der Waals surface area contributed by atoms with E-state index in [1.54, 1.807) is 23.3 Å². The predicted molar refractivity (Wildman–Crippen MR) is 128 cm³/mol. The fourth-order valence-electron chi connectivity index (χ4n) is 3.10. The van der Waals surface area contributed by atoms with Crippen LogP contribution < -0.4 is 5.32 Å². The molecule has 2 aromatic rings. The number of ether oxygens (including phenoxy) is 1. The monoisotopic (exact) mass is 529 g/mol. The minimum absolute atomic E-state index is 0. The van der Waals surface area contributed by atoms with E-state index >= 15 is 0 Å². The van der Waals surface area contributed by atoms with E-state index < -0.39 is 0 Å². The molecule has 1 N–H and O–H groups in total. The van der Waals surface area contributed by atoms with E-state index in [0.29, 0.717) is 26.2 Å². The molecule has 1 fully saturated rings. The largest absolute Gasteiger partial charge is 0.450 e. The third-order valence-corrected chi connectivity index (χ3v) is 5.84. The fourth-order valence-corrected chi connectivity index (χ4v) is 4.11. The standard InChI is InChI=1S/C20H27N5O2S.HI/c1-4-27-20(26)25-12-10-24(11-13-25)19(21-3)22-14-17-15(2)23-18(28-17)16-8-6-5-7-9-16;/h5-9H,4,10-14H2,1-3H3,(H,21,22);1H. The average molecular weight is 529 g/mol. The Morgan fingerprint density at radius 2 is 1.86 bits per heavy atom. The van der Waals surface area contributed by atoms with Gasteiger partial charge in [-0.2, -0.15) is 0 Å². The van der Waals surface area contributed by atoms with E-state index in [-0.39, 0.29) is 30.1 Å². The van der Waals surface area contributed by atoms with Crippen molar-refractivity contribution in [3.63, 3.8) is 0 Å². The number of nitrogens with one attached hydrogen (secondary N) is 1. The van der Waals surface area contributed by atoms with Crippen LogP contribution in [0.3, 0.4) is 0 Å². The van der Waals surface area contributed by atoms with Gasteiger partial charge in [-0.3, -0.25) is 4.99 Å². The third-order valence-electron chi connectivity index (χ3n) is 4.64. The van der Waals surface area contributed by atoms with Gasteiger partial charge in [-0.1, -0.05) is 30.3 Å². The number of guanidine groups is 1. The first-order valence-electron chi connectivity index (χ1n) is 9.51. The second kappa shape index (κ2) is 11.3. The van der Waals surface area contributed by atoms with Gasteiger partial charge in [-0.25, -0.2) is 9.78 Å². The Labute approximate surface area is 193 Å². The molecule has 2 heterocycles. The van der Waals surface area contributed by atoms with Crippen LogP contribution in [-0.4, -0.2) is 66.7 Å². The van der Waals surface area contributed by atoms with E-state index in [9.17, 15) is 4.79 Å². The Bertz CT molecular complexity index is 820. The number of piperazine rings is 1. The first-order valence-corrected chi connectivity index (χ1v) is 10.3. The van der Waals surface area contributed by atoms with Crippen LogP contribution in [0.4, 0.5) is 4.79 Å². The number of hydrogen-bond donors (Lipinski definition) is 1. The number of halogens is 1. The van der Waals surface area contributed by atoms with Crippen LogP contribution in [0.1, 0.15) is 17.5 Å². The zero-order chi connectivity index (χ0) is 19.9. The topological polar surface area (TPSA) is 70.1 Å². The van der Waals surface area contributed by atoms with Crippen molar-refractivity contribution in [2.24, 2.45) is 4.99 Å². The summed E-state index contributed by atoms with van der Waals surface area (Å²) in [4.78, 5) is 26.1. The highest BCUT2D eigenvalue weighted by molar-refractivity contribution is 14.0. The van der Waals surface area contributed by atoms with Crippen LogP contribution in [0, 0.1) is 6.92 Å². The molecule has 0 aliphatic carbocycles. The molecule has 7 nitrogen and oxygen atoms in total. The summed E-state index contributed by atoms with van der Waals surface area (Å²) in [6, 6.07) is 10.2. The van der Waals surface area contributed by atoms with Gasteiger partial charge in [0.15, 0.2) is 5.96 Å². The van der Waals surface area contributed by atoms with Gasteiger partial charge < -0.3 is 19.9 Å². The summed E-state index contributed by atoms with van der Waals surface area (Å²) in [7, 11) is 1.79. The Hall–Kier alpha value is -1.88. The van der Waals surface area contributed by atoms with Crippen LogP contribution >= 0.6 is 35.3 Å². The number of aryl methyl sites for hydroxylation is 1. The van der Waals surface area contributed by atoms with Crippen molar-refractivity contribution in [1.82, 2.24) is 20.1 Å². The molecular weight excluding hydrogens is 501 g/mol. The lowest BCUT2D eigenvalue weighted by Gasteiger charge is -2.35. The molecule has 1 aliphatic heterocycles. The highest BCUT2D eigenvalue weighted by Gasteiger charge is 2.23. The van der Waals surface area contributed by atoms with Crippen LogP contribution in [-0.2, 0) is 11.3 Å². The lowest BCUT2D eigenvalue weighted by molar-refractivity contribution is 0.0914. The summed E-state index contributed by atoms with van der Waals surface area (Å²) in [5, 5.41) is 4.48. The van der Waals surface area contributed by atoms with E-state index in [1.165, 1.54) is 4.88 Å². The number of carbonyl (C=O) groups is 1. The van der Waals surface area contributed by atoms with Gasteiger partial charge in [0.25, 0.3) is 0 Å². The van der Waals surface area contributed by atoms with Gasteiger partial charge in [0.2, 0.25) is 0 Å². The molecule has 1 aromatic heterocycles. The number of aromatic nitrogens is 1. The third kappa shape index (κ3) is 6.05. The van der Waals surface area contributed by atoms with Crippen LogP contribution in [0.15, 0.2) is 35.3 Å². The molecule has 1 aliphatic rings. The van der Waals surface area contributed by atoms with Gasteiger partial charge in [-0.05, 0) is 13.8 Å². The highest BCUT2D eigenvalue weighted by Crippen LogP contribution is 2.27. The van der Waals surface area contributed by atoms with Gasteiger partial charge in [0, 0.05) is 43.7 Å². The van der Waals surface area contributed by atoms with Crippen molar-refractivity contribution in [2.45, 2.75) is 20.4 Å². The normalized spacial score (nSPS) is 14.4. The van der Waals surface area contributed by atoms with Crippen molar-refractivity contribution >= 4 is 47.4 Å². The first-order chi connectivity index (χ1) is 13.6. The summed E-state index contributed by atoms with van der Waals surface area (Å²) < 4.78 is 5.08. The molecule has 1 aromatic carbocycles. The van der Waals surface area contributed by atoms with Gasteiger partial charge in [0.1, 0.15) is 5.01 Å². The lowest BCUT2D eigenvalue weighted by atomic mass is 10.2. The molecule has 29 heavy (non-hydrogen) atoms. The van der Waals surface area contributed by atoms with E-state index in [0.717, 1.165) is 35.3 Å². The number of nitrogens with zero attached hydrogens (tertiary/aromatic N) is 4. The van der Waals surface area contributed by atoms with Crippen molar-refractivity contribution in [3.05, 3.63) is 40.9 Å². The van der Waals surface area contributed by atoms with Gasteiger partial charge in [-0.15, -0.1) is 35.3 Å². The Balaban J connectivity index is 0.00000300. The van der Waals surface area contributed by atoms with Crippen molar-refractivity contribution in [3.8, 4) is 10.6 Å². The zero-order valence-electron chi connectivity index (χ0n) is 17.1. The van der Waals surface area contributed by atoms with Crippen LogP contribution in [0.2, 0.25) is 0 Å². The lowest BCUT2D eigenvalue weighted by Crippen LogP contribution is -2.53. The van der Waals surface area contributed by atoms with Crippen molar-refractivity contribution in [1.29, 1.82) is 0 Å². The van der Waals surface area contributed by atoms with Crippen LogP contribution in [0.5, 0.6) is 0 Å². The van der Waals surface area contributed by atoms with E-state index in [4.69, 9.17) is 9.72 Å². The summed E-state index contributed by atoms with van der Waals surface area (Å²) in [5.41, 5.74) is 2.18. The maximum atomic E-state index is 11.8. The number of thiazole rings is 1. The minimum Gasteiger partial charge on any atom is -0.450 e. The molecule has 0 bridgehead atoms. The summed E-state index contributed by atoms with van der Waals surface area (Å²) in [6.07, 6.45) is -0.237. The average Bonchev–Trinajstić information content (AvgIpc) is 3.10. The number of benzene rings is 1. The first kappa shape index (κ1) is 23.4. The number of carbonyl (C=O) groups excluding carboxylic acids is 1. The number of amides is 1. The zero-order valence-corrected chi connectivity index (χ0v) is 20.2. The van der Waals surface area contributed by atoms with Crippen molar-refractivity contribution in [2.75, 3.05) is 39.8 Å². The second-order valence-electron chi connectivity index (χ2n) is 6.47. The molecule has 3 rings (SSSR count). The minimum atomic E-state index is -0.237. The molecule has 9 heteroatoms. The van der Waals surface area contributed by atoms with Crippen molar-refractivity contribution < 1.29 is 9.53 Å². The van der Waals surface area contributed by atoms with Gasteiger partial charge in [0.05, 0.1) is 18.8 Å². The molecule has 0 spiro atoms. The SMILES string of the molecule is CCOC(=O)N1CCN(C(=NC)NCc2sc(-c3ccccc3)nc2C)CC1.I. The fraction of sp³-hybridized carbons (Fsp3) is 0.450. The molecule has 1 saturated heterocycles. The molecule has 0 saturated carbocycles. The van der Waals surface area contributed by atoms with Gasteiger partial charge >= 0.3 is 6.09 Å². The number of aliphatic imine (C=N–C) groups is 1. The summed E-state index contributed by atoms with van der Waals surface area (Å²) in [6.45, 7) is 7.69. The molecular formula is C20H28IN5O2S. The molecule has 158 valence electrons. The van der Waals surface area contributed by atoms with E-state index in [2.05, 4.69) is 27.3 Å². The number of rotatable bonds is 4. The molecule has 0 unspecified atom stereocenters. The smallest absolute Gasteiger partial charge is 0.409 e.